The minimum absolute atomic E-state index is 0.117. The molecule has 7 heteroatoms. The lowest BCUT2D eigenvalue weighted by Gasteiger charge is -2.07. The predicted octanol–water partition coefficient (Wildman–Crippen LogP) is 3.19. The lowest BCUT2D eigenvalue weighted by atomic mass is 10.1. The fraction of sp³-hybridized carbons (Fsp3) is 0.158. The van der Waals surface area contributed by atoms with Gasteiger partial charge in [-0.2, -0.15) is 0 Å². The highest BCUT2D eigenvalue weighted by molar-refractivity contribution is 7.14. The fourth-order valence-electron chi connectivity index (χ4n) is 2.29. The van der Waals surface area contributed by atoms with Crippen molar-refractivity contribution in [3.63, 3.8) is 0 Å². The van der Waals surface area contributed by atoms with Gasteiger partial charge in [0.05, 0.1) is 12.2 Å². The third-order valence-electron chi connectivity index (χ3n) is 3.89. The smallest absolute Gasteiger partial charge is 0.251 e. The molecule has 0 unspecified atom stereocenters. The first-order chi connectivity index (χ1) is 12.5. The monoisotopic (exact) mass is 366 g/mol. The molecule has 3 aromatic rings. The maximum atomic E-state index is 12.1. The summed E-state index contributed by atoms with van der Waals surface area (Å²) in [6.07, 6.45) is 3.40. The molecule has 1 aromatic carbocycles. The van der Waals surface area contributed by atoms with Gasteiger partial charge in [0.15, 0.2) is 5.13 Å². The number of rotatable bonds is 5. The van der Waals surface area contributed by atoms with Crippen LogP contribution < -0.4 is 10.6 Å². The SMILES string of the molecule is Cc1ccc(C(=O)NCC(=O)Nc2nc(-c3cccnc3)cs2)cc1C. The molecule has 0 bridgehead atoms. The van der Waals surface area contributed by atoms with Crippen LogP contribution in [0.15, 0.2) is 48.1 Å². The van der Waals surface area contributed by atoms with Gasteiger partial charge < -0.3 is 10.6 Å². The number of aryl methyl sites for hydroxylation is 2. The molecule has 0 fully saturated rings. The average Bonchev–Trinajstić information content (AvgIpc) is 3.11. The maximum Gasteiger partial charge on any atom is 0.251 e. The van der Waals surface area contributed by atoms with Crippen molar-refractivity contribution in [3.8, 4) is 11.3 Å². The molecule has 0 spiro atoms. The van der Waals surface area contributed by atoms with Gasteiger partial charge in [0.25, 0.3) is 5.91 Å². The lowest BCUT2D eigenvalue weighted by molar-refractivity contribution is -0.115. The molecule has 2 aromatic heterocycles. The maximum absolute atomic E-state index is 12.1. The van der Waals surface area contributed by atoms with Gasteiger partial charge in [-0.05, 0) is 49.2 Å². The van der Waals surface area contributed by atoms with Crippen LogP contribution in [0, 0.1) is 13.8 Å². The second-order valence-corrected chi connectivity index (χ2v) is 6.67. The van der Waals surface area contributed by atoms with Crippen molar-refractivity contribution in [2.24, 2.45) is 0 Å². The van der Waals surface area contributed by atoms with Gasteiger partial charge in [-0.25, -0.2) is 4.98 Å². The first kappa shape index (κ1) is 17.8. The normalized spacial score (nSPS) is 10.4. The summed E-state index contributed by atoms with van der Waals surface area (Å²) in [5.74, 6) is -0.604. The number of carbonyl (C=O) groups is 2. The van der Waals surface area contributed by atoms with Crippen molar-refractivity contribution >= 4 is 28.3 Å². The molecule has 6 nitrogen and oxygen atoms in total. The van der Waals surface area contributed by atoms with Crippen molar-refractivity contribution in [2.45, 2.75) is 13.8 Å². The molecule has 0 saturated heterocycles. The van der Waals surface area contributed by atoms with Crippen LogP contribution in [0.5, 0.6) is 0 Å². The molecule has 0 aliphatic carbocycles. The molecule has 2 amide bonds. The Labute approximate surface area is 155 Å². The van der Waals surface area contributed by atoms with E-state index in [9.17, 15) is 9.59 Å². The Morgan fingerprint density at radius 3 is 2.73 bits per heavy atom. The Bertz CT molecular complexity index is 938. The van der Waals surface area contributed by atoms with Crippen LogP contribution in [-0.4, -0.2) is 28.3 Å². The van der Waals surface area contributed by atoms with Crippen LogP contribution in [0.3, 0.4) is 0 Å². The van der Waals surface area contributed by atoms with Crippen LogP contribution in [0.4, 0.5) is 5.13 Å². The van der Waals surface area contributed by atoms with Gasteiger partial charge >= 0.3 is 0 Å². The van der Waals surface area contributed by atoms with E-state index in [1.807, 2.05) is 43.5 Å². The van der Waals surface area contributed by atoms with Crippen LogP contribution >= 0.6 is 11.3 Å². The largest absolute Gasteiger partial charge is 0.343 e. The molecule has 26 heavy (non-hydrogen) atoms. The molecular formula is C19H18N4O2S. The minimum atomic E-state index is -0.325. The van der Waals surface area contributed by atoms with E-state index >= 15 is 0 Å². The molecule has 3 rings (SSSR count). The first-order valence-electron chi connectivity index (χ1n) is 8.04. The molecule has 0 aliphatic rings. The molecule has 2 N–H and O–H groups in total. The number of amides is 2. The summed E-state index contributed by atoms with van der Waals surface area (Å²) in [7, 11) is 0. The summed E-state index contributed by atoms with van der Waals surface area (Å²) >= 11 is 1.32. The number of anilines is 1. The zero-order chi connectivity index (χ0) is 18.5. The topological polar surface area (TPSA) is 84.0 Å². The Hall–Kier alpha value is -3.06. The molecule has 132 valence electrons. The predicted molar refractivity (Wildman–Crippen MR) is 102 cm³/mol. The van der Waals surface area contributed by atoms with E-state index in [0.717, 1.165) is 22.4 Å². The van der Waals surface area contributed by atoms with E-state index in [4.69, 9.17) is 0 Å². The number of hydrogen-bond acceptors (Lipinski definition) is 5. The van der Waals surface area contributed by atoms with Crippen LogP contribution in [-0.2, 0) is 4.79 Å². The summed E-state index contributed by atoms with van der Waals surface area (Å²) < 4.78 is 0. The summed E-state index contributed by atoms with van der Waals surface area (Å²) in [5.41, 5.74) is 4.32. The quantitative estimate of drug-likeness (QED) is 0.726. The highest BCUT2D eigenvalue weighted by atomic mass is 32.1. The zero-order valence-electron chi connectivity index (χ0n) is 14.4. The van der Waals surface area contributed by atoms with E-state index in [0.29, 0.717) is 10.7 Å². The van der Waals surface area contributed by atoms with E-state index in [2.05, 4.69) is 20.6 Å². The van der Waals surface area contributed by atoms with Crippen molar-refractivity contribution < 1.29 is 9.59 Å². The van der Waals surface area contributed by atoms with Crippen LogP contribution in [0.2, 0.25) is 0 Å². The summed E-state index contributed by atoms with van der Waals surface area (Å²) in [4.78, 5) is 32.6. The van der Waals surface area contributed by atoms with E-state index in [1.54, 1.807) is 18.5 Å². The van der Waals surface area contributed by atoms with Crippen molar-refractivity contribution in [3.05, 3.63) is 64.8 Å². The van der Waals surface area contributed by atoms with Gasteiger partial charge in [-0.3, -0.25) is 14.6 Å². The molecule has 0 saturated carbocycles. The number of pyridine rings is 1. The highest BCUT2D eigenvalue weighted by Gasteiger charge is 2.11. The standard InChI is InChI=1S/C19H18N4O2S/c1-12-5-6-14(8-13(12)2)18(25)21-10-17(24)23-19-22-16(11-26-19)15-4-3-7-20-9-15/h3-9,11H,10H2,1-2H3,(H,21,25)(H,22,23,24). The van der Waals surface area contributed by atoms with Crippen molar-refractivity contribution in [1.29, 1.82) is 0 Å². The summed E-state index contributed by atoms with van der Waals surface area (Å²) in [6, 6.07) is 9.17. The Morgan fingerprint density at radius 1 is 1.15 bits per heavy atom. The van der Waals surface area contributed by atoms with E-state index in [-0.39, 0.29) is 18.4 Å². The highest BCUT2D eigenvalue weighted by Crippen LogP contribution is 2.23. The average molecular weight is 366 g/mol. The van der Waals surface area contributed by atoms with Gasteiger partial charge in [-0.1, -0.05) is 6.07 Å². The fourth-order valence-corrected chi connectivity index (χ4v) is 3.02. The molecular weight excluding hydrogens is 348 g/mol. The van der Waals surface area contributed by atoms with E-state index in [1.165, 1.54) is 11.3 Å². The lowest BCUT2D eigenvalue weighted by Crippen LogP contribution is -2.32. The molecule has 0 radical (unpaired) electrons. The number of benzene rings is 1. The number of nitrogens with one attached hydrogen (secondary N) is 2. The minimum Gasteiger partial charge on any atom is -0.343 e. The van der Waals surface area contributed by atoms with Crippen LogP contribution in [0.1, 0.15) is 21.5 Å². The third-order valence-corrected chi connectivity index (χ3v) is 4.64. The second kappa shape index (κ2) is 7.88. The molecule has 0 atom stereocenters. The van der Waals surface area contributed by atoms with Gasteiger partial charge in [0, 0.05) is 28.9 Å². The number of hydrogen-bond donors (Lipinski definition) is 2. The third kappa shape index (κ3) is 4.31. The summed E-state index contributed by atoms with van der Waals surface area (Å²) in [5, 5.41) is 7.64. The zero-order valence-corrected chi connectivity index (χ0v) is 15.3. The Morgan fingerprint density at radius 2 is 2.00 bits per heavy atom. The number of thiazole rings is 1. The van der Waals surface area contributed by atoms with Gasteiger partial charge in [0.2, 0.25) is 5.91 Å². The molecule has 2 heterocycles. The summed E-state index contributed by atoms with van der Waals surface area (Å²) in [6.45, 7) is 3.81. The number of aromatic nitrogens is 2. The van der Waals surface area contributed by atoms with Crippen molar-refractivity contribution in [1.82, 2.24) is 15.3 Å². The van der Waals surface area contributed by atoms with Gasteiger partial charge in [0.1, 0.15) is 0 Å². The first-order valence-corrected chi connectivity index (χ1v) is 8.92. The second-order valence-electron chi connectivity index (χ2n) is 5.81. The Kier molecular flexibility index (Phi) is 5.38. The van der Waals surface area contributed by atoms with Crippen molar-refractivity contribution in [2.75, 3.05) is 11.9 Å². The van der Waals surface area contributed by atoms with Crippen LogP contribution in [0.25, 0.3) is 11.3 Å². The number of carbonyl (C=O) groups excluding carboxylic acids is 2. The Balaban J connectivity index is 1.55. The van der Waals surface area contributed by atoms with E-state index < -0.39 is 0 Å². The molecule has 0 aliphatic heterocycles. The number of nitrogens with zero attached hydrogens (tertiary/aromatic N) is 2. The van der Waals surface area contributed by atoms with Gasteiger partial charge in [-0.15, -0.1) is 11.3 Å².